The predicted molar refractivity (Wildman–Crippen MR) is 96.4 cm³/mol. The van der Waals surface area contributed by atoms with E-state index in [0.29, 0.717) is 10.8 Å². The molecule has 1 atom stereocenters. The van der Waals surface area contributed by atoms with Crippen molar-refractivity contribution in [3.63, 3.8) is 0 Å². The van der Waals surface area contributed by atoms with Gasteiger partial charge >= 0.3 is 0 Å². The van der Waals surface area contributed by atoms with E-state index in [9.17, 15) is 4.79 Å². The Balaban J connectivity index is 1.87. The van der Waals surface area contributed by atoms with Gasteiger partial charge in [0.25, 0.3) is 5.91 Å². The molecule has 6 N–H and O–H groups in total. The van der Waals surface area contributed by atoms with Crippen LogP contribution in [0, 0.1) is 0 Å². The van der Waals surface area contributed by atoms with E-state index >= 15 is 0 Å². The average molecular weight is 358 g/mol. The molecule has 1 aliphatic heterocycles. The summed E-state index contributed by atoms with van der Waals surface area (Å²) in [5.74, 6) is -0.165. The van der Waals surface area contributed by atoms with E-state index in [4.69, 9.17) is 17.2 Å². The molecule has 0 saturated carbocycles. The molecule has 3 aromatic heterocycles. The molecule has 1 fully saturated rings. The molecule has 4 heterocycles. The van der Waals surface area contributed by atoms with Crippen molar-refractivity contribution in [1.29, 1.82) is 0 Å². The molecule has 0 aromatic carbocycles. The van der Waals surface area contributed by atoms with Crippen LogP contribution in [0.25, 0.3) is 16.2 Å². The molecule has 0 spiro atoms. The Labute approximate surface area is 147 Å². The maximum absolute atomic E-state index is 11.3. The van der Waals surface area contributed by atoms with Crippen LogP contribution in [0.3, 0.4) is 0 Å². The first kappa shape index (κ1) is 15.8. The van der Waals surface area contributed by atoms with Gasteiger partial charge in [-0.05, 0) is 18.9 Å². The zero-order valence-electron chi connectivity index (χ0n) is 13.4. The van der Waals surface area contributed by atoms with Crippen molar-refractivity contribution in [3.8, 4) is 10.7 Å². The molecular formula is C15H18N8OS. The van der Waals surface area contributed by atoms with Crippen LogP contribution in [-0.2, 0) is 0 Å². The number of thiazole rings is 1. The predicted octanol–water partition coefficient (Wildman–Crippen LogP) is 0.461. The van der Waals surface area contributed by atoms with Crippen molar-refractivity contribution in [3.05, 3.63) is 23.5 Å². The van der Waals surface area contributed by atoms with Crippen molar-refractivity contribution < 1.29 is 4.79 Å². The number of hydrogen-bond donors (Lipinski definition) is 3. The Morgan fingerprint density at radius 3 is 2.96 bits per heavy atom. The van der Waals surface area contributed by atoms with Gasteiger partial charge in [-0.1, -0.05) is 0 Å². The molecule has 10 heteroatoms. The molecule has 0 radical (unpaired) electrons. The zero-order valence-corrected chi connectivity index (χ0v) is 14.2. The minimum absolute atomic E-state index is 0.124. The van der Waals surface area contributed by atoms with Crippen LogP contribution in [-0.4, -0.2) is 44.6 Å². The quantitative estimate of drug-likeness (QED) is 0.617. The number of nitrogen functional groups attached to an aromatic ring is 1. The lowest BCUT2D eigenvalue weighted by Gasteiger charge is -2.32. The molecular weight excluding hydrogens is 340 g/mol. The van der Waals surface area contributed by atoms with Crippen LogP contribution in [0.15, 0.2) is 17.8 Å². The molecule has 0 bridgehead atoms. The van der Waals surface area contributed by atoms with E-state index < -0.39 is 5.91 Å². The number of anilines is 2. The lowest BCUT2D eigenvalue weighted by Crippen LogP contribution is -2.42. The van der Waals surface area contributed by atoms with E-state index in [0.717, 1.165) is 42.8 Å². The van der Waals surface area contributed by atoms with Gasteiger partial charge in [0, 0.05) is 24.5 Å². The number of nitrogens with two attached hydrogens (primary N) is 3. The second kappa shape index (κ2) is 5.97. The van der Waals surface area contributed by atoms with Crippen LogP contribution in [0.1, 0.15) is 23.3 Å². The Kier molecular flexibility index (Phi) is 3.77. The van der Waals surface area contributed by atoms with E-state index in [2.05, 4.69) is 20.0 Å². The number of fused-ring (bicyclic) bond motifs is 1. The standard InChI is InChI=1S/C15H18N8OS/c16-8-2-1-3-22(5-8)10-4-11(15-21-9(6-25-15)14(18)24)23-12(10)13(17)19-7-20-23/h4,6-8H,1-3,5,16H2,(H2,18,24)(H2,17,19,20). The molecule has 4 rings (SSSR count). The summed E-state index contributed by atoms with van der Waals surface area (Å²) >= 11 is 1.33. The fraction of sp³-hybridized carbons (Fsp3) is 0.333. The van der Waals surface area contributed by atoms with E-state index in [1.54, 1.807) is 9.90 Å². The molecule has 25 heavy (non-hydrogen) atoms. The first-order chi connectivity index (χ1) is 12.0. The maximum Gasteiger partial charge on any atom is 0.268 e. The van der Waals surface area contributed by atoms with Crippen LogP contribution in [0.2, 0.25) is 0 Å². The summed E-state index contributed by atoms with van der Waals surface area (Å²) in [7, 11) is 0. The van der Waals surface area contributed by atoms with Gasteiger partial charge in [0.1, 0.15) is 28.2 Å². The summed E-state index contributed by atoms with van der Waals surface area (Å²) in [6, 6.07) is 2.10. The SMILES string of the molecule is NC(=O)c1csc(-c2cc(N3CCCC(N)C3)c3c(N)ncnn23)n1. The van der Waals surface area contributed by atoms with Crippen LogP contribution in [0.4, 0.5) is 11.5 Å². The summed E-state index contributed by atoms with van der Waals surface area (Å²) in [5.41, 5.74) is 20.2. The molecule has 1 amide bonds. The third-order valence-corrected chi connectivity index (χ3v) is 5.20. The first-order valence-corrected chi connectivity index (χ1v) is 8.81. The average Bonchev–Trinajstić information content (AvgIpc) is 3.20. The third kappa shape index (κ3) is 2.68. The van der Waals surface area contributed by atoms with Crippen LogP contribution in [0.5, 0.6) is 0 Å². The number of carbonyl (C=O) groups excluding carboxylic acids is 1. The Morgan fingerprint density at radius 1 is 1.40 bits per heavy atom. The number of piperidine rings is 1. The topological polar surface area (TPSA) is 141 Å². The summed E-state index contributed by atoms with van der Waals surface area (Å²) in [5, 5.41) is 6.61. The summed E-state index contributed by atoms with van der Waals surface area (Å²) in [4.78, 5) is 22.0. The fourth-order valence-electron chi connectivity index (χ4n) is 3.18. The molecule has 130 valence electrons. The molecule has 1 saturated heterocycles. The Bertz CT molecular complexity index is 948. The van der Waals surface area contributed by atoms with Crippen molar-refractivity contribution in [2.24, 2.45) is 11.5 Å². The zero-order chi connectivity index (χ0) is 17.6. The van der Waals surface area contributed by atoms with Crippen LogP contribution >= 0.6 is 11.3 Å². The highest BCUT2D eigenvalue weighted by atomic mass is 32.1. The number of carbonyl (C=O) groups is 1. The minimum Gasteiger partial charge on any atom is -0.382 e. The van der Waals surface area contributed by atoms with Gasteiger partial charge in [-0.15, -0.1) is 11.3 Å². The van der Waals surface area contributed by atoms with Crippen LogP contribution < -0.4 is 22.1 Å². The number of hydrogen-bond acceptors (Lipinski definition) is 8. The Morgan fingerprint density at radius 2 is 2.24 bits per heavy atom. The molecule has 9 nitrogen and oxygen atoms in total. The van der Waals surface area contributed by atoms with Crippen molar-refractivity contribution in [1.82, 2.24) is 19.6 Å². The number of rotatable bonds is 3. The fourth-order valence-corrected chi connectivity index (χ4v) is 3.98. The van der Waals surface area contributed by atoms with Gasteiger partial charge in [-0.2, -0.15) is 5.10 Å². The lowest BCUT2D eigenvalue weighted by atomic mass is 10.1. The van der Waals surface area contributed by atoms with E-state index in [-0.39, 0.29) is 11.7 Å². The molecule has 1 aliphatic rings. The highest BCUT2D eigenvalue weighted by Crippen LogP contribution is 2.35. The normalized spacial score (nSPS) is 18.0. The van der Waals surface area contributed by atoms with Gasteiger partial charge in [-0.3, -0.25) is 4.79 Å². The van der Waals surface area contributed by atoms with Gasteiger partial charge in [0.2, 0.25) is 0 Å². The summed E-state index contributed by atoms with van der Waals surface area (Å²) in [6.45, 7) is 1.64. The largest absolute Gasteiger partial charge is 0.382 e. The van der Waals surface area contributed by atoms with Gasteiger partial charge < -0.3 is 22.1 Å². The number of primary amides is 1. The van der Waals surface area contributed by atoms with E-state index in [1.165, 1.54) is 17.7 Å². The molecule has 1 unspecified atom stereocenters. The highest BCUT2D eigenvalue weighted by molar-refractivity contribution is 7.13. The number of amides is 1. The maximum atomic E-state index is 11.3. The Hall–Kier alpha value is -2.72. The third-order valence-electron chi connectivity index (χ3n) is 4.34. The first-order valence-electron chi connectivity index (χ1n) is 7.93. The lowest BCUT2D eigenvalue weighted by molar-refractivity contribution is 0.0996. The molecule has 3 aromatic rings. The van der Waals surface area contributed by atoms with E-state index in [1.807, 2.05) is 6.07 Å². The molecule has 0 aliphatic carbocycles. The monoisotopic (exact) mass is 358 g/mol. The second-order valence-corrected chi connectivity index (χ2v) is 6.93. The highest BCUT2D eigenvalue weighted by Gasteiger charge is 2.24. The van der Waals surface area contributed by atoms with Gasteiger partial charge in [0.05, 0.1) is 5.69 Å². The van der Waals surface area contributed by atoms with Gasteiger partial charge in [-0.25, -0.2) is 14.5 Å². The number of aromatic nitrogens is 4. The second-order valence-electron chi connectivity index (χ2n) is 6.07. The van der Waals surface area contributed by atoms with Gasteiger partial charge in [0.15, 0.2) is 5.82 Å². The minimum atomic E-state index is -0.556. The van der Waals surface area contributed by atoms with Crippen molar-refractivity contribution in [2.75, 3.05) is 23.7 Å². The van der Waals surface area contributed by atoms with Crippen molar-refractivity contribution >= 4 is 34.3 Å². The number of nitrogens with zero attached hydrogens (tertiary/aromatic N) is 5. The smallest absolute Gasteiger partial charge is 0.268 e. The summed E-state index contributed by atoms with van der Waals surface area (Å²) in [6.07, 6.45) is 3.43. The van der Waals surface area contributed by atoms with Crippen molar-refractivity contribution in [2.45, 2.75) is 18.9 Å². The summed E-state index contributed by atoms with van der Waals surface area (Å²) < 4.78 is 1.71.